The zero-order chi connectivity index (χ0) is 9.41. The Kier molecular flexibility index (Phi) is 2.81. The standard InChI is InChI=1S/C9H15BrF2/c1-3-9(11,12)5-8(6-10)4-7(8)2/h7H,3-6H2,1-2H3. The molecule has 0 saturated heterocycles. The molecular formula is C9H15BrF2. The average Bonchev–Trinajstić information content (AvgIpc) is 2.62. The normalized spacial score (nSPS) is 35.2. The van der Waals surface area contributed by atoms with Crippen molar-refractivity contribution in [1.29, 1.82) is 0 Å². The van der Waals surface area contributed by atoms with Gasteiger partial charge < -0.3 is 0 Å². The predicted molar refractivity (Wildman–Crippen MR) is 49.9 cm³/mol. The summed E-state index contributed by atoms with van der Waals surface area (Å²) >= 11 is 3.32. The molecule has 0 amide bonds. The molecule has 72 valence electrons. The number of hydrogen-bond acceptors (Lipinski definition) is 0. The number of rotatable bonds is 4. The molecule has 0 aromatic heterocycles. The Bertz CT molecular complexity index is 166. The van der Waals surface area contributed by atoms with Crippen molar-refractivity contribution < 1.29 is 8.78 Å². The van der Waals surface area contributed by atoms with E-state index < -0.39 is 5.92 Å². The van der Waals surface area contributed by atoms with Crippen LogP contribution in [0.5, 0.6) is 0 Å². The van der Waals surface area contributed by atoms with Crippen LogP contribution in [0.25, 0.3) is 0 Å². The first-order chi connectivity index (χ1) is 5.46. The van der Waals surface area contributed by atoms with Crippen LogP contribution in [-0.2, 0) is 0 Å². The molecule has 1 saturated carbocycles. The van der Waals surface area contributed by atoms with Gasteiger partial charge in [-0.1, -0.05) is 29.8 Å². The molecule has 2 atom stereocenters. The van der Waals surface area contributed by atoms with E-state index >= 15 is 0 Å². The summed E-state index contributed by atoms with van der Waals surface area (Å²) in [5.41, 5.74) is -0.0977. The van der Waals surface area contributed by atoms with E-state index in [2.05, 4.69) is 15.9 Å². The van der Waals surface area contributed by atoms with E-state index in [9.17, 15) is 8.78 Å². The third-order valence-corrected chi connectivity index (χ3v) is 4.11. The third kappa shape index (κ3) is 1.98. The molecule has 0 N–H and O–H groups in total. The second-order valence-electron chi connectivity index (χ2n) is 3.99. The topological polar surface area (TPSA) is 0 Å². The molecule has 0 nitrogen and oxygen atoms in total. The minimum Gasteiger partial charge on any atom is -0.207 e. The Balaban J connectivity index is 2.50. The summed E-state index contributed by atoms with van der Waals surface area (Å²) < 4.78 is 26.1. The molecule has 0 aromatic carbocycles. The van der Waals surface area contributed by atoms with Crippen molar-refractivity contribution in [3.05, 3.63) is 0 Å². The SMILES string of the molecule is CCC(F)(F)CC1(CBr)CC1C. The van der Waals surface area contributed by atoms with E-state index in [1.165, 1.54) is 0 Å². The quantitative estimate of drug-likeness (QED) is 0.656. The number of alkyl halides is 3. The summed E-state index contributed by atoms with van der Waals surface area (Å²) in [6.45, 7) is 3.60. The van der Waals surface area contributed by atoms with Gasteiger partial charge in [-0.3, -0.25) is 0 Å². The molecule has 0 aliphatic heterocycles. The molecule has 12 heavy (non-hydrogen) atoms. The van der Waals surface area contributed by atoms with E-state index in [-0.39, 0.29) is 18.3 Å². The summed E-state index contributed by atoms with van der Waals surface area (Å²) in [6.07, 6.45) is 0.977. The van der Waals surface area contributed by atoms with Crippen molar-refractivity contribution in [2.75, 3.05) is 5.33 Å². The van der Waals surface area contributed by atoms with Gasteiger partial charge in [-0.05, 0) is 17.8 Å². The lowest BCUT2D eigenvalue weighted by Gasteiger charge is -2.20. The van der Waals surface area contributed by atoms with Crippen LogP contribution in [-0.4, -0.2) is 11.3 Å². The lowest BCUT2D eigenvalue weighted by molar-refractivity contribution is -0.0294. The molecular weight excluding hydrogens is 226 g/mol. The van der Waals surface area contributed by atoms with Crippen LogP contribution in [0, 0.1) is 11.3 Å². The van der Waals surface area contributed by atoms with Crippen LogP contribution < -0.4 is 0 Å². The lowest BCUT2D eigenvalue weighted by Crippen LogP contribution is -2.22. The first-order valence-electron chi connectivity index (χ1n) is 4.39. The summed E-state index contributed by atoms with van der Waals surface area (Å²) in [6, 6.07) is 0. The van der Waals surface area contributed by atoms with Crippen molar-refractivity contribution in [1.82, 2.24) is 0 Å². The predicted octanol–water partition coefficient (Wildman–Crippen LogP) is 3.84. The van der Waals surface area contributed by atoms with Gasteiger partial charge in [0, 0.05) is 18.2 Å². The van der Waals surface area contributed by atoms with Crippen LogP contribution in [0.1, 0.15) is 33.1 Å². The summed E-state index contributed by atoms with van der Waals surface area (Å²) in [5.74, 6) is -1.99. The van der Waals surface area contributed by atoms with Crippen LogP contribution in [0.2, 0.25) is 0 Å². The largest absolute Gasteiger partial charge is 0.248 e. The molecule has 3 heteroatoms. The van der Waals surface area contributed by atoms with Gasteiger partial charge >= 0.3 is 0 Å². The Morgan fingerprint density at radius 2 is 2.08 bits per heavy atom. The van der Waals surface area contributed by atoms with E-state index in [0.29, 0.717) is 5.92 Å². The molecule has 1 aliphatic rings. The second-order valence-corrected chi connectivity index (χ2v) is 4.55. The molecule has 0 bridgehead atoms. The fourth-order valence-corrected chi connectivity index (χ4v) is 2.65. The van der Waals surface area contributed by atoms with Gasteiger partial charge in [0.2, 0.25) is 5.92 Å². The van der Waals surface area contributed by atoms with E-state index in [1.54, 1.807) is 6.92 Å². The molecule has 0 heterocycles. The Morgan fingerprint density at radius 3 is 2.33 bits per heavy atom. The molecule has 1 aliphatic carbocycles. The highest BCUT2D eigenvalue weighted by Crippen LogP contribution is 2.59. The molecule has 1 rings (SSSR count). The molecule has 0 radical (unpaired) electrons. The van der Waals surface area contributed by atoms with Crippen molar-refractivity contribution in [3.63, 3.8) is 0 Å². The van der Waals surface area contributed by atoms with Gasteiger partial charge in [0.05, 0.1) is 0 Å². The van der Waals surface area contributed by atoms with Crippen LogP contribution in [0.15, 0.2) is 0 Å². The third-order valence-electron chi connectivity index (χ3n) is 2.99. The monoisotopic (exact) mass is 240 g/mol. The molecule has 0 spiro atoms. The average molecular weight is 241 g/mol. The highest BCUT2D eigenvalue weighted by atomic mass is 79.9. The van der Waals surface area contributed by atoms with Crippen molar-refractivity contribution in [2.24, 2.45) is 11.3 Å². The first kappa shape index (κ1) is 10.4. The number of hydrogen-bond donors (Lipinski definition) is 0. The van der Waals surface area contributed by atoms with Crippen molar-refractivity contribution in [3.8, 4) is 0 Å². The second kappa shape index (κ2) is 3.24. The van der Waals surface area contributed by atoms with Gasteiger partial charge in [-0.25, -0.2) is 8.78 Å². The Morgan fingerprint density at radius 1 is 1.58 bits per heavy atom. The van der Waals surface area contributed by atoms with Gasteiger partial charge in [0.1, 0.15) is 0 Å². The van der Waals surface area contributed by atoms with E-state index in [0.717, 1.165) is 11.8 Å². The Hall–Kier alpha value is 0.340. The maximum absolute atomic E-state index is 13.0. The smallest absolute Gasteiger partial charge is 0.207 e. The van der Waals surface area contributed by atoms with Gasteiger partial charge in [0.15, 0.2) is 0 Å². The van der Waals surface area contributed by atoms with Gasteiger partial charge in [-0.2, -0.15) is 0 Å². The summed E-state index contributed by atoms with van der Waals surface area (Å²) in [4.78, 5) is 0. The van der Waals surface area contributed by atoms with Crippen LogP contribution in [0.4, 0.5) is 8.78 Å². The Labute approximate surface area is 80.9 Å². The summed E-state index contributed by atoms with van der Waals surface area (Å²) in [7, 11) is 0. The maximum atomic E-state index is 13.0. The fraction of sp³-hybridized carbons (Fsp3) is 1.00. The van der Waals surface area contributed by atoms with Gasteiger partial charge in [0.25, 0.3) is 0 Å². The highest BCUT2D eigenvalue weighted by Gasteiger charge is 2.54. The van der Waals surface area contributed by atoms with Crippen molar-refractivity contribution in [2.45, 2.75) is 39.0 Å². The zero-order valence-corrected chi connectivity index (χ0v) is 9.13. The molecule has 2 unspecified atom stereocenters. The van der Waals surface area contributed by atoms with E-state index in [1.807, 2.05) is 6.92 Å². The fourth-order valence-electron chi connectivity index (χ4n) is 1.67. The highest BCUT2D eigenvalue weighted by molar-refractivity contribution is 9.09. The maximum Gasteiger partial charge on any atom is 0.248 e. The number of halogens is 3. The minimum atomic E-state index is -2.46. The zero-order valence-electron chi connectivity index (χ0n) is 7.54. The lowest BCUT2D eigenvalue weighted by atomic mass is 9.96. The first-order valence-corrected chi connectivity index (χ1v) is 5.52. The van der Waals surface area contributed by atoms with Gasteiger partial charge in [-0.15, -0.1) is 0 Å². The minimum absolute atomic E-state index is 0.0333. The van der Waals surface area contributed by atoms with Crippen molar-refractivity contribution >= 4 is 15.9 Å². The molecule has 0 aromatic rings. The van der Waals surface area contributed by atoms with Crippen LogP contribution in [0.3, 0.4) is 0 Å². The summed E-state index contributed by atoms with van der Waals surface area (Å²) in [5, 5.41) is 0.719. The van der Waals surface area contributed by atoms with Crippen LogP contribution >= 0.6 is 15.9 Å². The van der Waals surface area contributed by atoms with E-state index in [4.69, 9.17) is 0 Å². The molecule has 1 fully saturated rings.